The number of anilines is 1. The van der Waals surface area contributed by atoms with Crippen molar-refractivity contribution in [3.05, 3.63) is 58.2 Å². The summed E-state index contributed by atoms with van der Waals surface area (Å²) in [6, 6.07) is 10.1. The van der Waals surface area contributed by atoms with E-state index < -0.39 is 0 Å². The van der Waals surface area contributed by atoms with Crippen LogP contribution in [0.3, 0.4) is 0 Å². The number of nitrogens with one attached hydrogen (secondary N) is 1. The summed E-state index contributed by atoms with van der Waals surface area (Å²) in [5.74, 6) is -0.0276. The molecule has 1 aliphatic heterocycles. The zero-order chi connectivity index (χ0) is 17.8. The summed E-state index contributed by atoms with van der Waals surface area (Å²) in [6.45, 7) is 1.03. The summed E-state index contributed by atoms with van der Waals surface area (Å²) in [7, 11) is 0. The molecule has 1 aliphatic rings. The SMILES string of the molecule is O=C(Nc1ccc(Cl)cn1)C1CCCN(C(=O)c2ccc(Cl)cc2)C1. The summed E-state index contributed by atoms with van der Waals surface area (Å²) < 4.78 is 0. The molecule has 1 N–H and O–H groups in total. The Labute approximate surface area is 155 Å². The maximum absolute atomic E-state index is 12.6. The summed E-state index contributed by atoms with van der Waals surface area (Å²) >= 11 is 11.7. The predicted molar refractivity (Wildman–Crippen MR) is 98.0 cm³/mol. The maximum Gasteiger partial charge on any atom is 0.253 e. The van der Waals surface area contributed by atoms with Gasteiger partial charge in [0.2, 0.25) is 5.91 Å². The smallest absolute Gasteiger partial charge is 0.253 e. The average Bonchev–Trinajstić information content (AvgIpc) is 2.64. The number of amides is 2. The van der Waals surface area contributed by atoms with E-state index in [1.165, 1.54) is 6.20 Å². The number of hydrogen-bond donors (Lipinski definition) is 1. The molecule has 0 bridgehead atoms. The van der Waals surface area contributed by atoms with Gasteiger partial charge in [-0.3, -0.25) is 9.59 Å². The Bertz CT molecular complexity index is 763. The van der Waals surface area contributed by atoms with Crippen LogP contribution in [0.5, 0.6) is 0 Å². The van der Waals surface area contributed by atoms with Crippen LogP contribution >= 0.6 is 23.2 Å². The molecule has 2 aromatic rings. The monoisotopic (exact) mass is 377 g/mol. The highest BCUT2D eigenvalue weighted by atomic mass is 35.5. The largest absolute Gasteiger partial charge is 0.338 e. The molecular formula is C18H17Cl2N3O2. The topological polar surface area (TPSA) is 62.3 Å². The van der Waals surface area contributed by atoms with Crippen molar-refractivity contribution in [3.63, 3.8) is 0 Å². The van der Waals surface area contributed by atoms with Gasteiger partial charge in [-0.15, -0.1) is 0 Å². The molecule has 2 heterocycles. The summed E-state index contributed by atoms with van der Waals surface area (Å²) in [5, 5.41) is 3.88. The van der Waals surface area contributed by atoms with E-state index in [9.17, 15) is 9.59 Å². The fraction of sp³-hybridized carbons (Fsp3) is 0.278. The fourth-order valence-corrected chi connectivity index (χ4v) is 3.07. The standard InChI is InChI=1S/C18H17Cl2N3O2/c19-14-5-3-12(4-6-14)18(25)23-9-1-2-13(11-23)17(24)22-16-8-7-15(20)10-21-16/h3-8,10,13H,1-2,9,11H2,(H,21,22,24). The molecule has 2 amide bonds. The number of carbonyl (C=O) groups excluding carboxylic acids is 2. The third-order valence-electron chi connectivity index (χ3n) is 4.15. The Morgan fingerprint density at radius 2 is 1.80 bits per heavy atom. The van der Waals surface area contributed by atoms with Gasteiger partial charge in [0.25, 0.3) is 5.91 Å². The van der Waals surface area contributed by atoms with Gasteiger partial charge in [0, 0.05) is 29.9 Å². The zero-order valence-corrected chi connectivity index (χ0v) is 14.9. The number of benzene rings is 1. The summed E-state index contributed by atoms with van der Waals surface area (Å²) in [5.41, 5.74) is 0.574. The van der Waals surface area contributed by atoms with Crippen LogP contribution in [-0.4, -0.2) is 34.8 Å². The molecule has 7 heteroatoms. The van der Waals surface area contributed by atoms with Crippen molar-refractivity contribution in [3.8, 4) is 0 Å². The minimum Gasteiger partial charge on any atom is -0.338 e. The van der Waals surface area contributed by atoms with E-state index >= 15 is 0 Å². The molecule has 130 valence electrons. The Morgan fingerprint density at radius 3 is 2.48 bits per heavy atom. The number of halogens is 2. The Balaban J connectivity index is 1.63. The highest BCUT2D eigenvalue weighted by Gasteiger charge is 2.29. The lowest BCUT2D eigenvalue weighted by molar-refractivity contribution is -0.121. The molecule has 1 saturated heterocycles. The number of carbonyl (C=O) groups is 2. The summed E-state index contributed by atoms with van der Waals surface area (Å²) in [4.78, 5) is 30.8. The van der Waals surface area contributed by atoms with Gasteiger partial charge in [0.05, 0.1) is 10.9 Å². The first-order valence-electron chi connectivity index (χ1n) is 8.00. The molecule has 3 rings (SSSR count). The highest BCUT2D eigenvalue weighted by Crippen LogP contribution is 2.21. The van der Waals surface area contributed by atoms with E-state index in [0.29, 0.717) is 34.5 Å². The number of nitrogens with zero attached hydrogens (tertiary/aromatic N) is 2. The first-order chi connectivity index (χ1) is 12.0. The van der Waals surface area contributed by atoms with E-state index in [1.807, 2.05) is 0 Å². The first-order valence-corrected chi connectivity index (χ1v) is 8.76. The van der Waals surface area contributed by atoms with Crippen molar-refractivity contribution >= 4 is 40.8 Å². The van der Waals surface area contributed by atoms with E-state index in [0.717, 1.165) is 12.8 Å². The fourth-order valence-electron chi connectivity index (χ4n) is 2.83. The number of pyridine rings is 1. The van der Waals surface area contributed by atoms with Gasteiger partial charge in [-0.1, -0.05) is 23.2 Å². The molecule has 0 spiro atoms. The van der Waals surface area contributed by atoms with Crippen LogP contribution in [0.4, 0.5) is 5.82 Å². The molecule has 1 aromatic heterocycles. The van der Waals surface area contributed by atoms with Gasteiger partial charge in [-0.2, -0.15) is 0 Å². The third kappa shape index (κ3) is 4.50. The van der Waals surface area contributed by atoms with Crippen LogP contribution in [0.1, 0.15) is 23.2 Å². The van der Waals surface area contributed by atoms with Gasteiger partial charge in [0.1, 0.15) is 5.82 Å². The van der Waals surface area contributed by atoms with E-state index in [2.05, 4.69) is 10.3 Å². The molecule has 5 nitrogen and oxygen atoms in total. The lowest BCUT2D eigenvalue weighted by Crippen LogP contribution is -2.43. The Hall–Kier alpha value is -2.11. The normalized spacial score (nSPS) is 17.2. The van der Waals surface area contributed by atoms with Crippen molar-refractivity contribution in [2.75, 3.05) is 18.4 Å². The van der Waals surface area contributed by atoms with E-state index in [1.54, 1.807) is 41.3 Å². The van der Waals surface area contributed by atoms with Crippen LogP contribution < -0.4 is 5.32 Å². The molecule has 0 saturated carbocycles. The molecule has 1 unspecified atom stereocenters. The van der Waals surface area contributed by atoms with Crippen molar-refractivity contribution in [1.82, 2.24) is 9.88 Å². The quantitative estimate of drug-likeness (QED) is 0.882. The van der Waals surface area contributed by atoms with E-state index in [-0.39, 0.29) is 17.7 Å². The van der Waals surface area contributed by atoms with E-state index in [4.69, 9.17) is 23.2 Å². The second-order valence-corrected chi connectivity index (χ2v) is 6.82. The second-order valence-electron chi connectivity index (χ2n) is 5.95. The van der Waals surface area contributed by atoms with Crippen LogP contribution in [0.2, 0.25) is 10.0 Å². The van der Waals surface area contributed by atoms with Gasteiger partial charge in [0.15, 0.2) is 0 Å². The third-order valence-corrected chi connectivity index (χ3v) is 4.62. The molecule has 25 heavy (non-hydrogen) atoms. The first kappa shape index (κ1) is 17.7. The van der Waals surface area contributed by atoms with Crippen LogP contribution in [0.15, 0.2) is 42.6 Å². The minimum atomic E-state index is -0.262. The predicted octanol–water partition coefficient (Wildman–Crippen LogP) is 3.88. The van der Waals surface area contributed by atoms with Gasteiger partial charge < -0.3 is 10.2 Å². The number of rotatable bonds is 3. The number of piperidine rings is 1. The van der Waals surface area contributed by atoms with Crippen molar-refractivity contribution < 1.29 is 9.59 Å². The van der Waals surface area contributed by atoms with Crippen LogP contribution in [-0.2, 0) is 4.79 Å². The zero-order valence-electron chi connectivity index (χ0n) is 13.4. The van der Waals surface area contributed by atoms with Gasteiger partial charge in [-0.25, -0.2) is 4.98 Å². The van der Waals surface area contributed by atoms with Crippen molar-refractivity contribution in [1.29, 1.82) is 0 Å². The number of aromatic nitrogens is 1. The minimum absolute atomic E-state index is 0.0845. The Kier molecular flexibility index (Phi) is 5.56. The number of likely N-dealkylation sites (tertiary alicyclic amines) is 1. The van der Waals surface area contributed by atoms with Crippen LogP contribution in [0.25, 0.3) is 0 Å². The Morgan fingerprint density at radius 1 is 1.08 bits per heavy atom. The molecule has 1 fully saturated rings. The molecular weight excluding hydrogens is 361 g/mol. The molecule has 1 aromatic carbocycles. The highest BCUT2D eigenvalue weighted by molar-refractivity contribution is 6.30. The second kappa shape index (κ2) is 7.85. The summed E-state index contributed by atoms with van der Waals surface area (Å²) in [6.07, 6.45) is 3.00. The molecule has 0 aliphatic carbocycles. The van der Waals surface area contributed by atoms with Crippen molar-refractivity contribution in [2.45, 2.75) is 12.8 Å². The number of hydrogen-bond acceptors (Lipinski definition) is 3. The lowest BCUT2D eigenvalue weighted by Gasteiger charge is -2.32. The maximum atomic E-state index is 12.6. The molecule has 1 atom stereocenters. The molecule has 0 radical (unpaired) electrons. The average molecular weight is 378 g/mol. The van der Waals surface area contributed by atoms with Gasteiger partial charge in [-0.05, 0) is 49.2 Å². The lowest BCUT2D eigenvalue weighted by atomic mass is 9.96. The van der Waals surface area contributed by atoms with Crippen molar-refractivity contribution in [2.24, 2.45) is 5.92 Å². The van der Waals surface area contributed by atoms with Crippen LogP contribution in [0, 0.1) is 5.92 Å². The van der Waals surface area contributed by atoms with Gasteiger partial charge >= 0.3 is 0 Å².